The molecule has 3 rings (SSSR count). The standard InChI is InChI=1S/C14H17BrN2O/c1-8-6-9(2)12-13(11(8)15)18-14(17-12)10-4-3-5-16-7-10/h6,10,16H,3-5,7H2,1-2H3. The Morgan fingerprint density at radius 2 is 2.22 bits per heavy atom. The van der Waals surface area contributed by atoms with E-state index in [1.807, 2.05) is 0 Å². The molecule has 18 heavy (non-hydrogen) atoms. The van der Waals surface area contributed by atoms with Crippen LogP contribution in [0.1, 0.15) is 35.8 Å². The van der Waals surface area contributed by atoms with Gasteiger partial charge < -0.3 is 9.73 Å². The first-order valence-corrected chi connectivity index (χ1v) is 7.23. The number of rotatable bonds is 1. The van der Waals surface area contributed by atoms with Crippen LogP contribution in [0.3, 0.4) is 0 Å². The van der Waals surface area contributed by atoms with Crippen LogP contribution < -0.4 is 5.32 Å². The minimum atomic E-state index is 0.415. The smallest absolute Gasteiger partial charge is 0.199 e. The maximum absolute atomic E-state index is 6.00. The number of hydrogen-bond acceptors (Lipinski definition) is 3. The molecule has 0 saturated carbocycles. The van der Waals surface area contributed by atoms with Crippen molar-refractivity contribution in [3.05, 3.63) is 27.6 Å². The van der Waals surface area contributed by atoms with Crippen molar-refractivity contribution in [2.24, 2.45) is 0 Å². The molecule has 3 nitrogen and oxygen atoms in total. The molecular formula is C14H17BrN2O. The van der Waals surface area contributed by atoms with Gasteiger partial charge in [0.2, 0.25) is 0 Å². The van der Waals surface area contributed by atoms with E-state index < -0.39 is 0 Å². The van der Waals surface area contributed by atoms with Crippen LogP contribution in [0.4, 0.5) is 0 Å². The number of hydrogen-bond donors (Lipinski definition) is 1. The van der Waals surface area contributed by atoms with Gasteiger partial charge in [0.1, 0.15) is 5.52 Å². The number of nitrogens with one attached hydrogen (secondary N) is 1. The quantitative estimate of drug-likeness (QED) is 0.873. The molecule has 1 N–H and O–H groups in total. The first-order valence-electron chi connectivity index (χ1n) is 6.43. The third-order valence-corrected chi connectivity index (χ3v) is 4.63. The van der Waals surface area contributed by atoms with Crippen molar-refractivity contribution in [1.82, 2.24) is 10.3 Å². The zero-order chi connectivity index (χ0) is 12.7. The Hall–Kier alpha value is -0.870. The van der Waals surface area contributed by atoms with Crippen LogP contribution in [-0.2, 0) is 0 Å². The summed E-state index contributed by atoms with van der Waals surface area (Å²) in [6, 6.07) is 2.15. The molecule has 1 aliphatic rings. The minimum Gasteiger partial charge on any atom is -0.439 e. The highest BCUT2D eigenvalue weighted by Crippen LogP contribution is 2.33. The number of aryl methyl sites for hydroxylation is 2. The van der Waals surface area contributed by atoms with Crippen molar-refractivity contribution in [2.45, 2.75) is 32.6 Å². The molecule has 1 unspecified atom stereocenters. The van der Waals surface area contributed by atoms with Crippen LogP contribution in [0.5, 0.6) is 0 Å². The molecule has 2 heterocycles. The Labute approximate surface area is 115 Å². The van der Waals surface area contributed by atoms with Crippen molar-refractivity contribution < 1.29 is 4.42 Å². The summed E-state index contributed by atoms with van der Waals surface area (Å²) in [5.74, 6) is 1.30. The Morgan fingerprint density at radius 3 is 2.94 bits per heavy atom. The Balaban J connectivity index is 2.10. The lowest BCUT2D eigenvalue weighted by Crippen LogP contribution is -2.28. The zero-order valence-corrected chi connectivity index (χ0v) is 12.3. The lowest BCUT2D eigenvalue weighted by molar-refractivity contribution is 0.387. The normalized spacial score (nSPS) is 20.5. The van der Waals surface area contributed by atoms with Gasteiger partial charge in [-0.2, -0.15) is 0 Å². The number of nitrogens with zero attached hydrogens (tertiary/aromatic N) is 1. The van der Waals surface area contributed by atoms with Crippen molar-refractivity contribution >= 4 is 27.0 Å². The summed E-state index contributed by atoms with van der Waals surface area (Å²) >= 11 is 3.60. The second-order valence-electron chi connectivity index (χ2n) is 5.10. The summed E-state index contributed by atoms with van der Waals surface area (Å²) in [5, 5.41) is 3.41. The molecule has 2 aromatic rings. The van der Waals surface area contributed by atoms with Crippen LogP contribution in [0, 0.1) is 13.8 Å². The summed E-state index contributed by atoms with van der Waals surface area (Å²) in [5.41, 5.74) is 4.27. The highest BCUT2D eigenvalue weighted by molar-refractivity contribution is 9.10. The number of fused-ring (bicyclic) bond motifs is 1. The van der Waals surface area contributed by atoms with Crippen molar-refractivity contribution in [3.63, 3.8) is 0 Å². The fourth-order valence-corrected chi connectivity index (χ4v) is 3.01. The second-order valence-corrected chi connectivity index (χ2v) is 5.89. The van der Waals surface area contributed by atoms with E-state index in [2.05, 4.69) is 41.2 Å². The third kappa shape index (κ3) is 1.97. The predicted molar refractivity (Wildman–Crippen MR) is 76.0 cm³/mol. The molecule has 1 aromatic carbocycles. The van der Waals surface area contributed by atoms with Crippen molar-refractivity contribution in [1.29, 1.82) is 0 Å². The number of benzene rings is 1. The molecule has 0 spiro atoms. The van der Waals surface area contributed by atoms with Crippen LogP contribution in [0.2, 0.25) is 0 Å². The molecule has 1 aromatic heterocycles. The molecule has 1 saturated heterocycles. The van der Waals surface area contributed by atoms with Gasteiger partial charge in [-0.25, -0.2) is 4.98 Å². The van der Waals surface area contributed by atoms with Crippen molar-refractivity contribution in [2.75, 3.05) is 13.1 Å². The summed E-state index contributed by atoms with van der Waals surface area (Å²) in [6.07, 6.45) is 2.36. The predicted octanol–water partition coefficient (Wildman–Crippen LogP) is 3.67. The summed E-state index contributed by atoms with van der Waals surface area (Å²) < 4.78 is 7.03. The number of piperidine rings is 1. The van der Waals surface area contributed by atoms with E-state index in [0.717, 1.165) is 41.0 Å². The van der Waals surface area contributed by atoms with Gasteiger partial charge in [-0.1, -0.05) is 6.07 Å². The Bertz CT molecular complexity index is 585. The summed E-state index contributed by atoms with van der Waals surface area (Å²) in [7, 11) is 0. The molecule has 0 bridgehead atoms. The van der Waals surface area contributed by atoms with Crippen LogP contribution in [0.15, 0.2) is 15.0 Å². The van der Waals surface area contributed by atoms with E-state index >= 15 is 0 Å². The van der Waals surface area contributed by atoms with Gasteiger partial charge in [0.05, 0.1) is 4.47 Å². The van der Waals surface area contributed by atoms with Gasteiger partial charge >= 0.3 is 0 Å². The number of halogens is 1. The van der Waals surface area contributed by atoms with Gasteiger partial charge in [-0.3, -0.25) is 0 Å². The van der Waals surface area contributed by atoms with E-state index in [0.29, 0.717) is 5.92 Å². The van der Waals surface area contributed by atoms with E-state index in [1.165, 1.54) is 17.5 Å². The molecule has 1 fully saturated rings. The van der Waals surface area contributed by atoms with Gasteiger partial charge in [-0.15, -0.1) is 0 Å². The summed E-state index contributed by atoms with van der Waals surface area (Å²) in [4.78, 5) is 4.70. The average Bonchev–Trinajstić information content (AvgIpc) is 2.83. The second kappa shape index (κ2) is 4.67. The van der Waals surface area contributed by atoms with Crippen molar-refractivity contribution in [3.8, 4) is 0 Å². The molecule has 4 heteroatoms. The monoisotopic (exact) mass is 308 g/mol. The highest BCUT2D eigenvalue weighted by atomic mass is 79.9. The van der Waals surface area contributed by atoms with Crippen LogP contribution >= 0.6 is 15.9 Å². The zero-order valence-electron chi connectivity index (χ0n) is 10.7. The lowest BCUT2D eigenvalue weighted by Gasteiger charge is -2.19. The van der Waals surface area contributed by atoms with E-state index in [-0.39, 0.29) is 0 Å². The molecule has 0 amide bonds. The van der Waals surface area contributed by atoms with Gasteiger partial charge in [0, 0.05) is 12.5 Å². The van der Waals surface area contributed by atoms with Gasteiger partial charge in [-0.05, 0) is 60.3 Å². The maximum atomic E-state index is 6.00. The molecule has 1 atom stereocenters. The van der Waals surface area contributed by atoms with E-state index in [1.54, 1.807) is 0 Å². The lowest BCUT2D eigenvalue weighted by atomic mass is 10.00. The van der Waals surface area contributed by atoms with Gasteiger partial charge in [0.15, 0.2) is 11.5 Å². The first-order chi connectivity index (χ1) is 8.66. The fourth-order valence-electron chi connectivity index (χ4n) is 2.63. The molecule has 96 valence electrons. The third-order valence-electron chi connectivity index (χ3n) is 3.64. The first kappa shape index (κ1) is 12.2. The number of aromatic nitrogens is 1. The molecule has 0 aliphatic carbocycles. The highest BCUT2D eigenvalue weighted by Gasteiger charge is 2.22. The van der Waals surface area contributed by atoms with Crippen LogP contribution in [-0.4, -0.2) is 18.1 Å². The van der Waals surface area contributed by atoms with Crippen LogP contribution in [0.25, 0.3) is 11.1 Å². The largest absolute Gasteiger partial charge is 0.439 e. The Kier molecular flexibility index (Phi) is 3.16. The average molecular weight is 309 g/mol. The minimum absolute atomic E-state index is 0.415. The topological polar surface area (TPSA) is 38.1 Å². The molecule has 1 aliphatic heterocycles. The SMILES string of the molecule is Cc1cc(C)c2nc(C3CCCNC3)oc2c1Br. The molecular weight excluding hydrogens is 292 g/mol. The maximum Gasteiger partial charge on any atom is 0.199 e. The van der Waals surface area contributed by atoms with E-state index in [4.69, 9.17) is 9.40 Å². The number of oxazole rings is 1. The van der Waals surface area contributed by atoms with E-state index in [9.17, 15) is 0 Å². The summed E-state index contributed by atoms with van der Waals surface area (Å²) in [6.45, 7) is 6.26. The molecule has 0 radical (unpaired) electrons. The van der Waals surface area contributed by atoms with Gasteiger partial charge in [0.25, 0.3) is 0 Å². The fraction of sp³-hybridized carbons (Fsp3) is 0.500. The Morgan fingerprint density at radius 1 is 1.39 bits per heavy atom.